The number of aromatic carboxylic acids is 1. The topological polar surface area (TPSA) is 75.5 Å². The number of carboxylic acid groups (broad SMARTS) is 1. The molecule has 0 radical (unpaired) electrons. The number of para-hydroxylation sites is 2. The van der Waals surface area contributed by atoms with Gasteiger partial charge in [0.25, 0.3) is 0 Å². The number of carboxylic acids is 1. The van der Waals surface area contributed by atoms with Gasteiger partial charge in [0.15, 0.2) is 11.5 Å². The molecule has 6 nitrogen and oxygen atoms in total. The van der Waals surface area contributed by atoms with Crippen molar-refractivity contribution in [3.63, 3.8) is 0 Å². The lowest BCUT2D eigenvalue weighted by Gasteiger charge is -2.20. The maximum absolute atomic E-state index is 10.7. The van der Waals surface area contributed by atoms with Gasteiger partial charge in [-0.25, -0.2) is 4.79 Å². The van der Waals surface area contributed by atoms with Crippen LogP contribution in [0.4, 0.5) is 11.5 Å². The molecule has 0 saturated heterocycles. The Hall–Kier alpha value is -2.63. The van der Waals surface area contributed by atoms with E-state index in [4.69, 9.17) is 9.84 Å². The van der Waals surface area contributed by atoms with Gasteiger partial charge in [0, 0.05) is 7.05 Å². The number of anilines is 2. The summed E-state index contributed by atoms with van der Waals surface area (Å²) in [6.45, 7) is 0. The first-order valence-corrected chi connectivity index (χ1v) is 5.57. The van der Waals surface area contributed by atoms with E-state index in [9.17, 15) is 4.79 Å². The van der Waals surface area contributed by atoms with E-state index in [0.29, 0.717) is 11.6 Å². The number of hydrogen-bond acceptors (Lipinski definition) is 5. The third kappa shape index (κ3) is 2.62. The fourth-order valence-electron chi connectivity index (χ4n) is 1.65. The standard InChI is InChI=1S/C13H13N3O3/c1-16(10-5-3-4-6-11(10)19-2)12-8-7-9(13(17)18)14-15-12/h3-8H,1-2H3,(H,17,18). The smallest absolute Gasteiger partial charge is 0.356 e. The lowest BCUT2D eigenvalue weighted by atomic mass is 10.2. The molecule has 0 fully saturated rings. The van der Waals surface area contributed by atoms with Crippen LogP contribution in [0.15, 0.2) is 36.4 Å². The van der Waals surface area contributed by atoms with Gasteiger partial charge in [-0.2, -0.15) is 0 Å². The molecule has 1 N–H and O–H groups in total. The fourth-order valence-corrected chi connectivity index (χ4v) is 1.65. The molecule has 0 aliphatic rings. The van der Waals surface area contributed by atoms with Gasteiger partial charge in [0.05, 0.1) is 12.8 Å². The van der Waals surface area contributed by atoms with Crippen LogP contribution in [0.25, 0.3) is 0 Å². The van der Waals surface area contributed by atoms with Crippen molar-refractivity contribution in [3.8, 4) is 5.75 Å². The minimum atomic E-state index is -1.10. The van der Waals surface area contributed by atoms with Gasteiger partial charge >= 0.3 is 5.97 Å². The molecule has 0 bridgehead atoms. The maximum atomic E-state index is 10.7. The number of ether oxygens (including phenoxy) is 1. The molecule has 1 heterocycles. The Bertz CT molecular complexity index is 584. The molecule has 2 rings (SSSR count). The van der Waals surface area contributed by atoms with Crippen molar-refractivity contribution >= 4 is 17.5 Å². The second kappa shape index (κ2) is 5.34. The number of hydrogen-bond donors (Lipinski definition) is 1. The highest BCUT2D eigenvalue weighted by Gasteiger charge is 2.12. The zero-order valence-corrected chi connectivity index (χ0v) is 10.6. The summed E-state index contributed by atoms with van der Waals surface area (Å²) in [5.41, 5.74) is 0.736. The predicted molar refractivity (Wildman–Crippen MR) is 70.0 cm³/mol. The molecule has 19 heavy (non-hydrogen) atoms. The molecule has 0 atom stereocenters. The van der Waals surface area contributed by atoms with E-state index in [2.05, 4.69) is 10.2 Å². The first kappa shape index (κ1) is 12.8. The van der Waals surface area contributed by atoms with E-state index in [1.54, 1.807) is 18.1 Å². The van der Waals surface area contributed by atoms with Gasteiger partial charge in [0.2, 0.25) is 0 Å². The number of nitrogens with zero attached hydrogens (tertiary/aromatic N) is 3. The first-order valence-electron chi connectivity index (χ1n) is 5.57. The van der Waals surface area contributed by atoms with Crippen LogP contribution >= 0.6 is 0 Å². The normalized spacial score (nSPS) is 10.0. The van der Waals surface area contributed by atoms with E-state index in [1.165, 1.54) is 6.07 Å². The Morgan fingerprint density at radius 1 is 1.21 bits per heavy atom. The quantitative estimate of drug-likeness (QED) is 0.904. The Morgan fingerprint density at radius 2 is 1.95 bits per heavy atom. The van der Waals surface area contributed by atoms with Crippen LogP contribution in [0.2, 0.25) is 0 Å². The molecule has 0 aliphatic carbocycles. The van der Waals surface area contributed by atoms with Gasteiger partial charge in [-0.15, -0.1) is 10.2 Å². The van der Waals surface area contributed by atoms with E-state index >= 15 is 0 Å². The first-order chi connectivity index (χ1) is 9.13. The van der Waals surface area contributed by atoms with Gasteiger partial charge in [-0.3, -0.25) is 0 Å². The van der Waals surface area contributed by atoms with Crippen molar-refractivity contribution in [2.75, 3.05) is 19.1 Å². The van der Waals surface area contributed by atoms with Gasteiger partial charge in [-0.05, 0) is 24.3 Å². The Balaban J connectivity index is 2.33. The molecule has 6 heteroatoms. The van der Waals surface area contributed by atoms with E-state index in [1.807, 2.05) is 31.3 Å². The highest BCUT2D eigenvalue weighted by atomic mass is 16.5. The highest BCUT2D eigenvalue weighted by molar-refractivity contribution is 5.85. The van der Waals surface area contributed by atoms with Crippen molar-refractivity contribution in [2.24, 2.45) is 0 Å². The summed E-state index contributed by atoms with van der Waals surface area (Å²) in [5, 5.41) is 16.3. The minimum Gasteiger partial charge on any atom is -0.495 e. The molecule has 0 saturated carbocycles. The molecule has 0 unspecified atom stereocenters. The van der Waals surface area contributed by atoms with Crippen molar-refractivity contribution in [3.05, 3.63) is 42.1 Å². The molecule has 0 spiro atoms. The fraction of sp³-hybridized carbons (Fsp3) is 0.154. The van der Waals surface area contributed by atoms with E-state index in [-0.39, 0.29) is 5.69 Å². The van der Waals surface area contributed by atoms with Crippen LogP contribution in [0.3, 0.4) is 0 Å². The highest BCUT2D eigenvalue weighted by Crippen LogP contribution is 2.30. The summed E-state index contributed by atoms with van der Waals surface area (Å²) >= 11 is 0. The molecular formula is C13H13N3O3. The van der Waals surface area contributed by atoms with Crippen LogP contribution in [0, 0.1) is 0 Å². The van der Waals surface area contributed by atoms with Crippen molar-refractivity contribution in [1.29, 1.82) is 0 Å². The van der Waals surface area contributed by atoms with E-state index < -0.39 is 5.97 Å². The second-order valence-electron chi connectivity index (χ2n) is 3.81. The molecule has 1 aromatic heterocycles. The molecule has 98 valence electrons. The largest absolute Gasteiger partial charge is 0.495 e. The second-order valence-corrected chi connectivity index (χ2v) is 3.81. The predicted octanol–water partition coefficient (Wildman–Crippen LogP) is 1.95. The van der Waals surface area contributed by atoms with Crippen molar-refractivity contribution < 1.29 is 14.6 Å². The summed E-state index contributed by atoms with van der Waals surface area (Å²) in [6, 6.07) is 10.5. The van der Waals surface area contributed by atoms with Gasteiger partial charge < -0.3 is 14.7 Å². The third-order valence-corrected chi connectivity index (χ3v) is 2.66. The molecule has 1 aromatic carbocycles. The van der Waals surface area contributed by atoms with E-state index in [0.717, 1.165) is 5.69 Å². The van der Waals surface area contributed by atoms with Crippen LogP contribution in [-0.4, -0.2) is 35.4 Å². The Kier molecular flexibility index (Phi) is 3.61. The lowest BCUT2D eigenvalue weighted by Crippen LogP contribution is -2.14. The average molecular weight is 259 g/mol. The lowest BCUT2D eigenvalue weighted by molar-refractivity contribution is 0.0689. The average Bonchev–Trinajstić information content (AvgIpc) is 2.46. The summed E-state index contributed by atoms with van der Waals surface area (Å²) < 4.78 is 5.27. The number of benzene rings is 1. The van der Waals surface area contributed by atoms with Crippen molar-refractivity contribution in [1.82, 2.24) is 10.2 Å². The van der Waals surface area contributed by atoms with Gasteiger partial charge in [-0.1, -0.05) is 12.1 Å². The third-order valence-electron chi connectivity index (χ3n) is 2.66. The summed E-state index contributed by atoms with van der Waals surface area (Å²) in [5.74, 6) is 0.141. The van der Waals surface area contributed by atoms with Crippen molar-refractivity contribution in [2.45, 2.75) is 0 Å². The number of carbonyl (C=O) groups is 1. The number of rotatable bonds is 4. The maximum Gasteiger partial charge on any atom is 0.356 e. The number of methoxy groups -OCH3 is 1. The SMILES string of the molecule is COc1ccccc1N(C)c1ccc(C(=O)O)nn1. The Labute approximate surface area is 110 Å². The zero-order valence-electron chi connectivity index (χ0n) is 10.6. The molecular weight excluding hydrogens is 246 g/mol. The monoisotopic (exact) mass is 259 g/mol. The minimum absolute atomic E-state index is 0.0859. The summed E-state index contributed by atoms with van der Waals surface area (Å²) in [4.78, 5) is 12.5. The zero-order chi connectivity index (χ0) is 13.8. The molecule has 0 amide bonds. The van der Waals surface area contributed by atoms with Crippen LogP contribution in [0.1, 0.15) is 10.5 Å². The van der Waals surface area contributed by atoms with Crippen LogP contribution in [-0.2, 0) is 0 Å². The summed E-state index contributed by atoms with van der Waals surface area (Å²) in [6.07, 6.45) is 0. The van der Waals surface area contributed by atoms with Crippen LogP contribution < -0.4 is 9.64 Å². The van der Waals surface area contributed by atoms with Crippen LogP contribution in [0.5, 0.6) is 5.75 Å². The summed E-state index contributed by atoms with van der Waals surface area (Å²) in [7, 11) is 3.40. The number of aromatic nitrogens is 2. The van der Waals surface area contributed by atoms with Gasteiger partial charge in [0.1, 0.15) is 5.75 Å². The molecule has 2 aromatic rings. The Morgan fingerprint density at radius 3 is 2.53 bits per heavy atom. The molecule has 0 aliphatic heterocycles.